The smallest absolute Gasteiger partial charge is 0.324 e. The van der Waals surface area contributed by atoms with Crippen LogP contribution in [-0.4, -0.2) is 61.7 Å². The number of nitrogens with zero attached hydrogens (tertiary/aromatic N) is 2. The number of nitrogens with two attached hydrogens (primary N) is 1. The molecule has 122 valence electrons. The topological polar surface area (TPSA) is 130 Å². The van der Waals surface area contributed by atoms with Gasteiger partial charge in [0.05, 0.1) is 17.5 Å². The number of primary sulfonamides is 1. The molecule has 0 aliphatic carbocycles. The fourth-order valence-electron chi connectivity index (χ4n) is 2.56. The molecule has 2 aliphatic heterocycles. The lowest BCUT2D eigenvalue weighted by molar-refractivity contribution is -0.128. The third kappa shape index (κ3) is 2.78. The number of imide groups is 1. The van der Waals surface area contributed by atoms with Gasteiger partial charge in [0.2, 0.25) is 15.9 Å². The average Bonchev–Trinajstić information content (AvgIpc) is 2.77. The summed E-state index contributed by atoms with van der Waals surface area (Å²) in [6.07, 6.45) is 0. The Hall–Kier alpha value is -2.46. The van der Waals surface area contributed by atoms with Crippen LogP contribution >= 0.6 is 0 Å². The van der Waals surface area contributed by atoms with E-state index in [0.29, 0.717) is 5.56 Å². The van der Waals surface area contributed by atoms with E-state index in [4.69, 9.17) is 5.14 Å². The highest BCUT2D eigenvalue weighted by Gasteiger charge is 2.43. The SMILES string of the molecule is NS(=O)(=O)c1ccc(C(=O)N2CC(N3C(=O)CNC3=O)C2)cc1. The molecule has 1 aromatic carbocycles. The predicted molar refractivity (Wildman–Crippen MR) is 77.8 cm³/mol. The Labute approximate surface area is 132 Å². The Kier molecular flexibility index (Phi) is 3.57. The molecule has 0 spiro atoms. The summed E-state index contributed by atoms with van der Waals surface area (Å²) in [6, 6.07) is 4.52. The number of hydrogen-bond donors (Lipinski definition) is 2. The number of sulfonamides is 1. The highest BCUT2D eigenvalue weighted by Crippen LogP contribution is 2.20. The summed E-state index contributed by atoms with van der Waals surface area (Å²) in [4.78, 5) is 37.9. The summed E-state index contributed by atoms with van der Waals surface area (Å²) in [6.45, 7) is 0.502. The van der Waals surface area contributed by atoms with Gasteiger partial charge in [0.1, 0.15) is 0 Å². The van der Waals surface area contributed by atoms with E-state index in [9.17, 15) is 22.8 Å². The van der Waals surface area contributed by atoms with Gasteiger partial charge in [-0.2, -0.15) is 0 Å². The number of likely N-dealkylation sites (tertiary alicyclic amines) is 1. The number of rotatable bonds is 3. The number of urea groups is 1. The van der Waals surface area contributed by atoms with E-state index in [1.807, 2.05) is 0 Å². The van der Waals surface area contributed by atoms with Crippen LogP contribution in [0.5, 0.6) is 0 Å². The van der Waals surface area contributed by atoms with Gasteiger partial charge in [0.15, 0.2) is 0 Å². The number of nitrogens with one attached hydrogen (secondary N) is 1. The monoisotopic (exact) mass is 338 g/mol. The van der Waals surface area contributed by atoms with Crippen molar-refractivity contribution in [1.82, 2.24) is 15.1 Å². The second kappa shape index (κ2) is 5.32. The van der Waals surface area contributed by atoms with Crippen LogP contribution in [0.15, 0.2) is 29.2 Å². The summed E-state index contributed by atoms with van der Waals surface area (Å²) >= 11 is 0. The third-order valence-corrected chi connectivity index (χ3v) is 4.75. The molecule has 9 nitrogen and oxygen atoms in total. The Morgan fingerprint density at radius 2 is 1.78 bits per heavy atom. The van der Waals surface area contributed by atoms with E-state index in [1.54, 1.807) is 0 Å². The van der Waals surface area contributed by atoms with Gasteiger partial charge in [-0.3, -0.25) is 14.5 Å². The van der Waals surface area contributed by atoms with Gasteiger partial charge in [0, 0.05) is 18.7 Å². The fourth-order valence-corrected chi connectivity index (χ4v) is 3.07. The van der Waals surface area contributed by atoms with Crippen LogP contribution < -0.4 is 10.5 Å². The number of benzene rings is 1. The molecule has 2 fully saturated rings. The van der Waals surface area contributed by atoms with Gasteiger partial charge in [0.25, 0.3) is 5.91 Å². The number of carbonyl (C=O) groups is 3. The maximum Gasteiger partial charge on any atom is 0.324 e. The standard InChI is InChI=1S/C13H14N4O5S/c14-23(21,22)10-3-1-8(2-4-10)12(19)16-6-9(7-16)17-11(18)5-15-13(17)20/h1-4,9H,5-7H2,(H,15,20)(H2,14,21,22). The Balaban J connectivity index is 1.65. The molecule has 0 unspecified atom stereocenters. The van der Waals surface area contributed by atoms with E-state index >= 15 is 0 Å². The van der Waals surface area contributed by atoms with E-state index in [0.717, 1.165) is 4.90 Å². The van der Waals surface area contributed by atoms with Crippen molar-refractivity contribution in [3.05, 3.63) is 29.8 Å². The molecule has 0 aromatic heterocycles. The normalized spacial score (nSPS) is 18.8. The minimum Gasteiger partial charge on any atom is -0.334 e. The van der Waals surface area contributed by atoms with E-state index < -0.39 is 16.1 Å². The van der Waals surface area contributed by atoms with Gasteiger partial charge >= 0.3 is 6.03 Å². The van der Waals surface area contributed by atoms with Crippen LogP contribution in [0.4, 0.5) is 4.79 Å². The summed E-state index contributed by atoms with van der Waals surface area (Å²) in [5.74, 6) is -0.598. The second-order valence-electron chi connectivity index (χ2n) is 5.36. The number of carbonyl (C=O) groups excluding carboxylic acids is 3. The van der Waals surface area contributed by atoms with Crippen molar-refractivity contribution in [2.75, 3.05) is 19.6 Å². The van der Waals surface area contributed by atoms with E-state index in [2.05, 4.69) is 5.32 Å². The maximum atomic E-state index is 12.3. The zero-order chi connectivity index (χ0) is 16.8. The molecule has 10 heteroatoms. The molecule has 4 amide bonds. The molecule has 2 saturated heterocycles. The lowest BCUT2D eigenvalue weighted by Crippen LogP contribution is -2.62. The molecule has 1 aromatic rings. The molecular formula is C13H14N4O5S. The first-order valence-electron chi connectivity index (χ1n) is 6.79. The first-order valence-corrected chi connectivity index (χ1v) is 8.34. The van der Waals surface area contributed by atoms with Gasteiger partial charge in [-0.05, 0) is 24.3 Å². The van der Waals surface area contributed by atoms with Crippen LogP contribution in [0.2, 0.25) is 0 Å². The molecule has 0 saturated carbocycles. The molecule has 0 atom stereocenters. The highest BCUT2D eigenvalue weighted by atomic mass is 32.2. The fraction of sp³-hybridized carbons (Fsp3) is 0.308. The van der Waals surface area contributed by atoms with Crippen molar-refractivity contribution in [3.8, 4) is 0 Å². The first-order chi connectivity index (χ1) is 10.8. The largest absolute Gasteiger partial charge is 0.334 e. The van der Waals surface area contributed by atoms with Crippen molar-refractivity contribution in [3.63, 3.8) is 0 Å². The molecule has 0 radical (unpaired) electrons. The molecule has 3 N–H and O–H groups in total. The van der Waals surface area contributed by atoms with Crippen molar-refractivity contribution >= 4 is 27.9 Å². The minimum absolute atomic E-state index is 0.0156. The summed E-state index contributed by atoms with van der Waals surface area (Å²) in [5, 5.41) is 7.43. The maximum absolute atomic E-state index is 12.3. The van der Waals surface area contributed by atoms with Crippen molar-refractivity contribution < 1.29 is 22.8 Å². The molecule has 0 bridgehead atoms. The van der Waals surface area contributed by atoms with Crippen LogP contribution in [0.3, 0.4) is 0 Å². The Morgan fingerprint density at radius 3 is 2.26 bits per heavy atom. The number of hydrogen-bond acceptors (Lipinski definition) is 5. The molecular weight excluding hydrogens is 324 g/mol. The summed E-state index contributed by atoms with van der Waals surface area (Å²) in [5.41, 5.74) is 0.313. The van der Waals surface area contributed by atoms with Crippen molar-refractivity contribution in [1.29, 1.82) is 0 Å². The van der Waals surface area contributed by atoms with Gasteiger partial charge in [-0.1, -0.05) is 0 Å². The lowest BCUT2D eigenvalue weighted by atomic mass is 10.1. The van der Waals surface area contributed by atoms with E-state index in [1.165, 1.54) is 29.2 Å². The van der Waals surface area contributed by atoms with Gasteiger partial charge in [-0.15, -0.1) is 0 Å². The van der Waals surface area contributed by atoms with Crippen LogP contribution in [0, 0.1) is 0 Å². The van der Waals surface area contributed by atoms with Gasteiger partial charge < -0.3 is 10.2 Å². The zero-order valence-electron chi connectivity index (χ0n) is 11.9. The quantitative estimate of drug-likeness (QED) is 0.662. The zero-order valence-corrected chi connectivity index (χ0v) is 12.7. The van der Waals surface area contributed by atoms with Crippen molar-refractivity contribution in [2.45, 2.75) is 10.9 Å². The first kappa shape index (κ1) is 15.4. The van der Waals surface area contributed by atoms with Crippen molar-refractivity contribution in [2.24, 2.45) is 5.14 Å². The lowest BCUT2D eigenvalue weighted by Gasteiger charge is -2.42. The van der Waals surface area contributed by atoms with Gasteiger partial charge in [-0.25, -0.2) is 18.4 Å². The molecule has 23 heavy (non-hydrogen) atoms. The van der Waals surface area contributed by atoms with E-state index in [-0.39, 0.29) is 42.4 Å². The van der Waals surface area contributed by atoms with Crippen LogP contribution in [-0.2, 0) is 14.8 Å². The van der Waals surface area contributed by atoms with Crippen LogP contribution in [0.25, 0.3) is 0 Å². The second-order valence-corrected chi connectivity index (χ2v) is 6.92. The molecule has 2 heterocycles. The third-order valence-electron chi connectivity index (χ3n) is 3.82. The minimum atomic E-state index is -3.80. The Morgan fingerprint density at radius 1 is 1.17 bits per heavy atom. The highest BCUT2D eigenvalue weighted by molar-refractivity contribution is 7.89. The summed E-state index contributed by atoms with van der Waals surface area (Å²) < 4.78 is 22.3. The van der Waals surface area contributed by atoms with Crippen LogP contribution in [0.1, 0.15) is 10.4 Å². The Bertz CT molecular complexity index is 767. The molecule has 2 aliphatic rings. The molecule has 3 rings (SSSR count). The number of amides is 4. The predicted octanol–water partition coefficient (Wildman–Crippen LogP) is -1.29. The summed E-state index contributed by atoms with van der Waals surface area (Å²) in [7, 11) is -3.80. The average molecular weight is 338 g/mol.